The molecule has 0 aliphatic carbocycles. The van der Waals surface area contributed by atoms with Crippen molar-refractivity contribution in [1.82, 2.24) is 9.97 Å². The summed E-state index contributed by atoms with van der Waals surface area (Å²) in [6, 6.07) is 19.0. The van der Waals surface area contributed by atoms with Gasteiger partial charge in [-0.15, -0.1) is 0 Å². The second-order valence-corrected chi connectivity index (χ2v) is 10.7. The van der Waals surface area contributed by atoms with Crippen molar-refractivity contribution in [3.63, 3.8) is 0 Å². The Morgan fingerprint density at radius 2 is 1.80 bits per heavy atom. The lowest BCUT2D eigenvalue weighted by molar-refractivity contribution is 0.422. The Balaban J connectivity index is 1.65. The molecule has 0 radical (unpaired) electrons. The van der Waals surface area contributed by atoms with E-state index in [-0.39, 0.29) is 5.41 Å². The number of benzene rings is 3. The van der Waals surface area contributed by atoms with E-state index in [1.54, 1.807) is 6.33 Å². The first-order valence-electron chi connectivity index (χ1n) is 12.3. The SMILES string of the molecule is C/C(=C\CC(C)C)Oc1ccc2c(c1)oc1ncnc(-c3cc(C(C)(C)C)c4ccccc4c3)c12. The van der Waals surface area contributed by atoms with Crippen LogP contribution in [0.1, 0.15) is 53.5 Å². The average Bonchev–Trinajstić information content (AvgIpc) is 3.19. The minimum absolute atomic E-state index is 0.00654. The largest absolute Gasteiger partial charge is 0.462 e. The van der Waals surface area contributed by atoms with E-state index < -0.39 is 0 Å². The van der Waals surface area contributed by atoms with Crippen LogP contribution in [0, 0.1) is 5.92 Å². The Morgan fingerprint density at radius 3 is 2.57 bits per heavy atom. The summed E-state index contributed by atoms with van der Waals surface area (Å²) in [5.41, 5.74) is 4.56. The van der Waals surface area contributed by atoms with Crippen LogP contribution in [0.25, 0.3) is 44.1 Å². The fraction of sp³-hybridized carbons (Fsp3) is 0.290. The van der Waals surface area contributed by atoms with E-state index in [1.807, 2.05) is 25.1 Å². The van der Waals surface area contributed by atoms with Crippen LogP contribution < -0.4 is 4.74 Å². The van der Waals surface area contributed by atoms with Gasteiger partial charge in [0.2, 0.25) is 5.71 Å². The molecule has 178 valence electrons. The zero-order valence-electron chi connectivity index (χ0n) is 21.3. The second-order valence-electron chi connectivity index (χ2n) is 10.7. The minimum atomic E-state index is -0.00654. The molecule has 0 saturated heterocycles. The van der Waals surface area contributed by atoms with E-state index >= 15 is 0 Å². The number of hydrogen-bond donors (Lipinski definition) is 0. The molecule has 3 aromatic carbocycles. The van der Waals surface area contributed by atoms with Crippen LogP contribution in [-0.2, 0) is 5.41 Å². The van der Waals surface area contributed by atoms with Gasteiger partial charge in [-0.05, 0) is 71.4 Å². The van der Waals surface area contributed by atoms with Gasteiger partial charge in [0, 0.05) is 17.0 Å². The molecular weight excluding hydrogens is 432 g/mol. The molecule has 0 aliphatic rings. The maximum Gasteiger partial charge on any atom is 0.230 e. The molecule has 0 saturated carbocycles. The third kappa shape index (κ3) is 4.53. The van der Waals surface area contributed by atoms with Gasteiger partial charge in [0.1, 0.15) is 17.7 Å². The Kier molecular flexibility index (Phi) is 5.84. The van der Waals surface area contributed by atoms with Crippen LogP contribution in [0.2, 0.25) is 0 Å². The lowest BCUT2D eigenvalue weighted by Crippen LogP contribution is -2.12. The highest BCUT2D eigenvalue weighted by molar-refractivity contribution is 6.11. The number of nitrogens with zero attached hydrogens (tertiary/aromatic N) is 2. The number of fused-ring (bicyclic) bond motifs is 4. The number of aromatic nitrogens is 2. The molecule has 0 spiro atoms. The highest BCUT2D eigenvalue weighted by Gasteiger charge is 2.21. The van der Waals surface area contributed by atoms with Crippen molar-refractivity contribution in [2.45, 2.75) is 53.4 Å². The Hall–Kier alpha value is -3.66. The van der Waals surface area contributed by atoms with Crippen molar-refractivity contribution in [1.29, 1.82) is 0 Å². The van der Waals surface area contributed by atoms with E-state index in [2.05, 4.69) is 82.1 Å². The van der Waals surface area contributed by atoms with Crippen LogP contribution in [-0.4, -0.2) is 9.97 Å². The third-order valence-corrected chi connectivity index (χ3v) is 6.34. The van der Waals surface area contributed by atoms with Gasteiger partial charge >= 0.3 is 0 Å². The quantitative estimate of drug-likeness (QED) is 0.244. The number of allylic oxidation sites excluding steroid dienone is 2. The predicted molar refractivity (Wildman–Crippen MR) is 145 cm³/mol. The van der Waals surface area contributed by atoms with Crippen LogP contribution >= 0.6 is 0 Å². The summed E-state index contributed by atoms with van der Waals surface area (Å²) < 4.78 is 12.2. The fourth-order valence-corrected chi connectivity index (χ4v) is 4.57. The van der Waals surface area contributed by atoms with Gasteiger partial charge in [0.05, 0.1) is 16.8 Å². The number of rotatable bonds is 5. The summed E-state index contributed by atoms with van der Waals surface area (Å²) >= 11 is 0. The maximum atomic E-state index is 6.17. The Labute approximate surface area is 206 Å². The highest BCUT2D eigenvalue weighted by atomic mass is 16.5. The summed E-state index contributed by atoms with van der Waals surface area (Å²) in [4.78, 5) is 9.18. The molecule has 0 bridgehead atoms. The van der Waals surface area contributed by atoms with Crippen LogP contribution in [0.15, 0.2) is 77.2 Å². The van der Waals surface area contributed by atoms with Crippen molar-refractivity contribution < 1.29 is 9.15 Å². The third-order valence-electron chi connectivity index (χ3n) is 6.34. The molecule has 5 rings (SSSR count). The Bertz CT molecular complexity index is 1570. The van der Waals surface area contributed by atoms with Gasteiger partial charge in [-0.25, -0.2) is 9.97 Å². The summed E-state index contributed by atoms with van der Waals surface area (Å²) in [5.74, 6) is 2.24. The molecule has 2 aromatic heterocycles. The van der Waals surface area contributed by atoms with Gasteiger partial charge in [-0.2, -0.15) is 0 Å². The van der Waals surface area contributed by atoms with Crippen molar-refractivity contribution in [2.75, 3.05) is 0 Å². The van der Waals surface area contributed by atoms with Crippen LogP contribution in [0.3, 0.4) is 0 Å². The second kappa shape index (κ2) is 8.84. The van der Waals surface area contributed by atoms with Gasteiger partial charge < -0.3 is 9.15 Å². The van der Waals surface area contributed by atoms with Crippen LogP contribution in [0.5, 0.6) is 5.75 Å². The lowest BCUT2D eigenvalue weighted by atomic mass is 9.82. The standard InChI is InChI=1S/C31H32N2O2/c1-19(2)11-12-20(3)34-23-13-14-25-27(17-23)35-30-28(25)29(32-18-33-30)22-15-21-9-7-8-10-24(21)26(16-22)31(4,5)6/h7-10,12-19H,11H2,1-6H3/b20-12+. The summed E-state index contributed by atoms with van der Waals surface area (Å²) in [6.07, 6.45) is 4.70. The summed E-state index contributed by atoms with van der Waals surface area (Å²) in [7, 11) is 0. The zero-order valence-corrected chi connectivity index (χ0v) is 21.3. The van der Waals surface area contributed by atoms with E-state index in [4.69, 9.17) is 14.1 Å². The average molecular weight is 465 g/mol. The molecule has 4 heteroatoms. The first-order valence-corrected chi connectivity index (χ1v) is 12.3. The molecule has 35 heavy (non-hydrogen) atoms. The van der Waals surface area contributed by atoms with Gasteiger partial charge in [0.15, 0.2) is 0 Å². The van der Waals surface area contributed by atoms with Crippen LogP contribution in [0.4, 0.5) is 0 Å². The molecule has 0 N–H and O–H groups in total. The first kappa shape index (κ1) is 23.1. The zero-order chi connectivity index (χ0) is 24.7. The van der Waals surface area contributed by atoms with Crippen molar-refractivity contribution in [3.8, 4) is 17.0 Å². The van der Waals surface area contributed by atoms with Gasteiger partial charge in [-0.3, -0.25) is 0 Å². The van der Waals surface area contributed by atoms with Gasteiger partial charge in [0.25, 0.3) is 0 Å². The van der Waals surface area contributed by atoms with E-state index in [1.165, 1.54) is 16.3 Å². The molecule has 0 atom stereocenters. The van der Waals surface area contributed by atoms with E-state index in [0.717, 1.165) is 45.5 Å². The highest BCUT2D eigenvalue weighted by Crippen LogP contribution is 2.39. The molecular formula is C31H32N2O2. The van der Waals surface area contributed by atoms with Gasteiger partial charge in [-0.1, -0.05) is 58.9 Å². The molecule has 5 aromatic rings. The molecule has 0 unspecified atom stereocenters. The molecule has 4 nitrogen and oxygen atoms in total. The molecule has 0 amide bonds. The summed E-state index contributed by atoms with van der Waals surface area (Å²) in [6.45, 7) is 13.1. The van der Waals surface area contributed by atoms with Crippen molar-refractivity contribution in [2.24, 2.45) is 5.92 Å². The minimum Gasteiger partial charge on any atom is -0.462 e. The normalized spacial score (nSPS) is 12.8. The van der Waals surface area contributed by atoms with E-state index in [0.29, 0.717) is 11.6 Å². The topological polar surface area (TPSA) is 48.2 Å². The fourth-order valence-electron chi connectivity index (χ4n) is 4.57. The Morgan fingerprint density at radius 1 is 1.00 bits per heavy atom. The number of furan rings is 1. The molecule has 0 aliphatic heterocycles. The first-order chi connectivity index (χ1) is 16.7. The van der Waals surface area contributed by atoms with E-state index in [9.17, 15) is 0 Å². The summed E-state index contributed by atoms with van der Waals surface area (Å²) in [5, 5.41) is 4.39. The smallest absolute Gasteiger partial charge is 0.230 e. The predicted octanol–water partition coefficient (Wildman–Crippen LogP) is 8.82. The number of hydrogen-bond acceptors (Lipinski definition) is 4. The maximum absolute atomic E-state index is 6.17. The lowest BCUT2D eigenvalue weighted by Gasteiger charge is -2.22. The molecule has 2 heterocycles. The monoisotopic (exact) mass is 464 g/mol. The van der Waals surface area contributed by atoms with Crippen molar-refractivity contribution in [3.05, 3.63) is 78.3 Å². The van der Waals surface area contributed by atoms with Crippen molar-refractivity contribution >= 4 is 32.8 Å². The number of ether oxygens (including phenoxy) is 1. The molecule has 0 fully saturated rings.